The number of anilines is 1. The first-order valence-corrected chi connectivity index (χ1v) is 43.9. The molecule has 8 unspecified atom stereocenters. The molecule has 3 spiro atoms. The minimum atomic E-state index is -0.391. The van der Waals surface area contributed by atoms with Gasteiger partial charge in [0.05, 0.1) is 16.2 Å². The maximum atomic E-state index is 2.89. The van der Waals surface area contributed by atoms with Gasteiger partial charge in [-0.05, 0) is 309 Å². The second-order valence-electron chi connectivity index (χ2n) is 36.5. The molecule has 0 heterocycles. The molecule has 0 radical (unpaired) electrons. The van der Waals surface area contributed by atoms with Crippen molar-refractivity contribution in [3.8, 4) is 77.9 Å². The fourth-order valence-corrected chi connectivity index (χ4v) is 27.6. The number of nitrogens with zero attached hydrogens (tertiary/aromatic N) is 1. The van der Waals surface area contributed by atoms with Crippen LogP contribution in [0.15, 0.2) is 357 Å². The van der Waals surface area contributed by atoms with Crippen LogP contribution in [0.1, 0.15) is 190 Å². The summed E-state index contributed by atoms with van der Waals surface area (Å²) in [6, 6.07) is 127. The van der Waals surface area contributed by atoms with Gasteiger partial charge in [0.15, 0.2) is 0 Å². The molecule has 0 bridgehead atoms. The quantitative estimate of drug-likeness (QED) is 0.137. The lowest BCUT2D eigenvalue weighted by molar-refractivity contribution is 0.228. The largest absolute Gasteiger partial charge is 0.342 e. The second-order valence-corrected chi connectivity index (χ2v) is 36.5. The fraction of sp³-hybridized carbons (Fsp3) is 0.217. The predicted molar refractivity (Wildman–Crippen MR) is 475 cm³/mol. The van der Waals surface area contributed by atoms with Crippen LogP contribution >= 0.6 is 0 Å². The molecule has 14 aromatic rings. The molecule has 3 fully saturated rings. The highest BCUT2D eigenvalue weighted by Gasteiger charge is 2.57. The van der Waals surface area contributed by atoms with Crippen molar-refractivity contribution in [3.63, 3.8) is 0 Å². The molecule has 12 aliphatic rings. The highest BCUT2D eigenvalue weighted by molar-refractivity contribution is 5.99. The van der Waals surface area contributed by atoms with Crippen LogP contribution in [0.25, 0.3) is 77.9 Å². The van der Waals surface area contributed by atoms with Crippen molar-refractivity contribution >= 4 is 5.69 Å². The number of benzene rings is 14. The molecular weight excluding hydrogens is 1400 g/mol. The molecule has 12 aliphatic carbocycles. The van der Waals surface area contributed by atoms with Crippen molar-refractivity contribution in [2.75, 3.05) is 4.90 Å². The zero-order chi connectivity index (χ0) is 75.7. The first-order chi connectivity index (χ1) is 57.5. The first-order valence-electron chi connectivity index (χ1n) is 43.9. The zero-order valence-electron chi connectivity index (χ0n) is 65.6. The Hall–Kier alpha value is -11.9. The zero-order valence-corrected chi connectivity index (χ0v) is 65.6. The van der Waals surface area contributed by atoms with Crippen LogP contribution in [0.3, 0.4) is 0 Å². The van der Waals surface area contributed by atoms with Crippen molar-refractivity contribution in [2.24, 2.45) is 29.6 Å². The van der Waals surface area contributed by atoms with Gasteiger partial charge in [-0.25, -0.2) is 0 Å². The van der Waals surface area contributed by atoms with Crippen LogP contribution in [0, 0.1) is 29.6 Å². The van der Waals surface area contributed by atoms with E-state index in [2.05, 4.69) is 351 Å². The van der Waals surface area contributed by atoms with E-state index in [0.717, 1.165) is 0 Å². The maximum absolute atomic E-state index is 2.89. The van der Waals surface area contributed by atoms with Gasteiger partial charge in [-0.1, -0.05) is 334 Å². The Balaban J connectivity index is 0.535. The highest BCUT2D eigenvalue weighted by atomic mass is 15.2. The average Bonchev–Trinajstić information content (AvgIpc) is 1.52. The summed E-state index contributed by atoms with van der Waals surface area (Å²) in [7, 11) is 0. The number of para-hydroxylation sites is 1. The van der Waals surface area contributed by atoms with Crippen LogP contribution in [-0.2, 0) is 16.2 Å². The van der Waals surface area contributed by atoms with Gasteiger partial charge in [0.2, 0.25) is 0 Å². The minimum absolute atomic E-state index is 0.313. The number of fused-ring (bicyclic) bond motifs is 34. The number of hydrogen-bond donors (Lipinski definition) is 0. The van der Waals surface area contributed by atoms with Crippen molar-refractivity contribution in [3.05, 3.63) is 446 Å². The number of rotatable bonds is 8. The maximum Gasteiger partial charge on any atom is 0.0725 e. The lowest BCUT2D eigenvalue weighted by atomic mass is 9.65. The van der Waals surface area contributed by atoms with Crippen LogP contribution in [0.5, 0.6) is 0 Å². The molecule has 1 nitrogen and oxygen atoms in total. The van der Waals surface area contributed by atoms with Crippen LogP contribution < -0.4 is 4.90 Å². The van der Waals surface area contributed by atoms with E-state index in [0.29, 0.717) is 59.3 Å². The molecule has 3 saturated carbocycles. The molecule has 1 heteroatoms. The van der Waals surface area contributed by atoms with E-state index in [9.17, 15) is 0 Å². The van der Waals surface area contributed by atoms with Gasteiger partial charge in [-0.2, -0.15) is 0 Å². The van der Waals surface area contributed by atoms with Crippen LogP contribution in [-0.4, -0.2) is 6.04 Å². The smallest absolute Gasteiger partial charge is 0.0725 e. The summed E-state index contributed by atoms with van der Waals surface area (Å²) in [5.74, 6) is 4.51. The lowest BCUT2D eigenvalue weighted by Crippen LogP contribution is -2.41. The van der Waals surface area contributed by atoms with Gasteiger partial charge in [-0.3, -0.25) is 0 Å². The molecular formula is C115H91N. The fourth-order valence-electron chi connectivity index (χ4n) is 27.6. The monoisotopic (exact) mass is 1490 g/mol. The summed E-state index contributed by atoms with van der Waals surface area (Å²) >= 11 is 0. The van der Waals surface area contributed by atoms with Gasteiger partial charge in [0.1, 0.15) is 0 Å². The summed E-state index contributed by atoms with van der Waals surface area (Å²) in [5.41, 5.74) is 46.4. The molecule has 0 saturated heterocycles. The van der Waals surface area contributed by atoms with Gasteiger partial charge >= 0.3 is 0 Å². The summed E-state index contributed by atoms with van der Waals surface area (Å²) in [6.07, 6.45) is 25.5. The summed E-state index contributed by atoms with van der Waals surface area (Å²) in [5, 5.41) is 0. The Morgan fingerprint density at radius 2 is 0.724 bits per heavy atom. The topological polar surface area (TPSA) is 3.24 Å². The summed E-state index contributed by atoms with van der Waals surface area (Å²) in [6.45, 7) is 0. The molecule has 0 N–H and O–H groups in total. The predicted octanol–water partition coefficient (Wildman–Crippen LogP) is 28.2. The molecule has 0 aliphatic heterocycles. The lowest BCUT2D eigenvalue weighted by Gasteiger charge is -2.45. The van der Waals surface area contributed by atoms with Crippen molar-refractivity contribution in [1.29, 1.82) is 0 Å². The molecule has 556 valence electrons. The van der Waals surface area contributed by atoms with E-state index in [4.69, 9.17) is 0 Å². The van der Waals surface area contributed by atoms with Gasteiger partial charge in [0, 0.05) is 23.3 Å². The molecule has 0 aromatic heterocycles. The average molecular weight is 1490 g/mol. The van der Waals surface area contributed by atoms with E-state index in [1.807, 2.05) is 0 Å². The Labute approximate surface area is 682 Å². The molecule has 26 rings (SSSR count). The Bertz CT molecular complexity index is 6430. The number of hydrogen-bond acceptors (Lipinski definition) is 1. The van der Waals surface area contributed by atoms with Crippen molar-refractivity contribution in [1.82, 2.24) is 0 Å². The third-order valence-corrected chi connectivity index (χ3v) is 32.0. The van der Waals surface area contributed by atoms with E-state index in [-0.39, 0.29) is 10.8 Å². The molecule has 0 amide bonds. The van der Waals surface area contributed by atoms with Crippen LogP contribution in [0.2, 0.25) is 0 Å². The van der Waals surface area contributed by atoms with Gasteiger partial charge < -0.3 is 4.90 Å². The standard InChI is InChI=1S/C115H91N/c1-2-24-77(25-3-1)116(78-58-52-71(53-59-78)80-35-23-47-107-112(80)95-34-12-21-46-106(95)113(107)98-38-13-4-26-82(98)83-27-5-14-39-99(83)113)110-65-64-79(81-36-22-37-92(81)110)70-48-50-72(51-49-70)111-93-62-56-73(75-54-60-90-88-32-10-19-44-104(88)114(108(90)68-75)100-40-15-6-28-84(100)85-29-7-16-41-101(85)114)66-96(93)97-67-74(57-63-94(97)111)76-55-61-91-89-33-11-20-45-105(89)115(109(91)69-76)102-42-17-8-30-86(102)87-31-9-18-43-103(87)115/h1-21,23-35,38-48,50,54-56,60-62,64-66,68-72,74,78,81,92,94,97,111H,22,36-37,49,51-53,57-59,63,67H2. The second kappa shape index (κ2) is 25.1. The molecule has 14 aromatic carbocycles. The molecule has 8 atom stereocenters. The van der Waals surface area contributed by atoms with Crippen LogP contribution in [0.4, 0.5) is 5.69 Å². The summed E-state index contributed by atoms with van der Waals surface area (Å²) in [4.78, 5) is 2.89. The third kappa shape index (κ3) is 8.81. The van der Waals surface area contributed by atoms with E-state index in [1.54, 1.807) is 28.0 Å². The van der Waals surface area contributed by atoms with Gasteiger partial charge in [-0.15, -0.1) is 0 Å². The first kappa shape index (κ1) is 66.4. The van der Waals surface area contributed by atoms with E-state index >= 15 is 0 Å². The van der Waals surface area contributed by atoms with Crippen molar-refractivity contribution < 1.29 is 0 Å². The summed E-state index contributed by atoms with van der Waals surface area (Å²) < 4.78 is 0. The SMILES string of the molecule is C1=CC(C2c3ccc(-c4ccc5c(c4)C4(c6ccccc6-c6ccccc64)c4ccccc4-5)cc3C3CC(c4ccc5c(c4)C4(c6ccccc6-c6ccccc64)c4ccccc4-5)CCC32)CCC1C1=CC=C(N(c2ccccc2)C2CCC(c3cccc4c3-c3ccccc3C43c4ccccc4-c4ccccc43)CC2)C2CCCC12. The van der Waals surface area contributed by atoms with E-state index < -0.39 is 5.41 Å². The van der Waals surface area contributed by atoms with Crippen molar-refractivity contribution in [2.45, 2.75) is 123 Å². The third-order valence-electron chi connectivity index (χ3n) is 32.0. The number of allylic oxidation sites excluding steroid dienone is 6. The molecule has 116 heavy (non-hydrogen) atoms. The Morgan fingerprint density at radius 1 is 0.276 bits per heavy atom. The highest BCUT2D eigenvalue weighted by Crippen LogP contribution is 2.69. The normalized spacial score (nSPS) is 24.1. The minimum Gasteiger partial charge on any atom is -0.342 e. The van der Waals surface area contributed by atoms with Gasteiger partial charge in [0.25, 0.3) is 0 Å². The van der Waals surface area contributed by atoms with E-state index in [1.165, 1.54) is 233 Å². The Morgan fingerprint density at radius 3 is 1.27 bits per heavy atom. The Kier molecular flexibility index (Phi) is 14.3.